The van der Waals surface area contributed by atoms with E-state index in [9.17, 15) is 4.79 Å². The lowest BCUT2D eigenvalue weighted by atomic mass is 10.0. The summed E-state index contributed by atoms with van der Waals surface area (Å²) < 4.78 is 10.6. The molecule has 0 N–H and O–H groups in total. The molecule has 1 aromatic carbocycles. The number of ether oxygens (including phenoxy) is 2. The van der Waals surface area contributed by atoms with Crippen molar-refractivity contribution in [1.29, 1.82) is 0 Å². The van der Waals surface area contributed by atoms with Crippen molar-refractivity contribution in [3.63, 3.8) is 0 Å². The van der Waals surface area contributed by atoms with Crippen LogP contribution in [0.15, 0.2) is 28.1 Å². The largest absolute Gasteiger partial charge is 0.497 e. The predicted octanol–water partition coefficient (Wildman–Crippen LogP) is 3.41. The molecule has 0 aromatic heterocycles. The molecule has 1 atom stereocenters. The second-order valence-corrected chi connectivity index (χ2v) is 7.12. The number of amides is 1. The monoisotopic (exact) mass is 346 g/mol. The van der Waals surface area contributed by atoms with Gasteiger partial charge in [-0.25, -0.2) is 0 Å². The Labute approximate surface area is 146 Å². The Morgan fingerprint density at radius 3 is 2.88 bits per heavy atom. The Bertz CT molecular complexity index is 700. The number of carbonyl (C=O) groups excluding carboxylic acids is 1. The average molecular weight is 346 g/mol. The molecule has 1 aromatic rings. The molecule has 1 unspecified atom stereocenters. The van der Waals surface area contributed by atoms with E-state index in [4.69, 9.17) is 9.47 Å². The SMILES string of the molecule is COc1ccc(/C=C2\SC(N3CCCC(C)C3)=NC2=O)c(OC)c1. The van der Waals surface area contributed by atoms with Gasteiger partial charge in [0, 0.05) is 24.7 Å². The van der Waals surface area contributed by atoms with Gasteiger partial charge < -0.3 is 14.4 Å². The van der Waals surface area contributed by atoms with E-state index < -0.39 is 0 Å². The summed E-state index contributed by atoms with van der Waals surface area (Å²) >= 11 is 1.45. The van der Waals surface area contributed by atoms with E-state index in [2.05, 4.69) is 16.8 Å². The van der Waals surface area contributed by atoms with Crippen molar-refractivity contribution in [3.05, 3.63) is 28.7 Å². The highest BCUT2D eigenvalue weighted by atomic mass is 32.2. The van der Waals surface area contributed by atoms with Crippen LogP contribution in [0.4, 0.5) is 0 Å². The summed E-state index contributed by atoms with van der Waals surface area (Å²) in [5.41, 5.74) is 0.845. The van der Waals surface area contributed by atoms with E-state index in [-0.39, 0.29) is 5.91 Å². The van der Waals surface area contributed by atoms with Crippen molar-refractivity contribution in [3.8, 4) is 11.5 Å². The molecule has 2 heterocycles. The number of likely N-dealkylation sites (tertiary alicyclic amines) is 1. The number of nitrogens with zero attached hydrogens (tertiary/aromatic N) is 2. The molecule has 1 fully saturated rings. The maximum Gasteiger partial charge on any atom is 0.286 e. The second-order valence-electron chi connectivity index (χ2n) is 6.11. The highest BCUT2D eigenvalue weighted by Crippen LogP contribution is 2.34. The molecule has 1 amide bonds. The zero-order valence-electron chi connectivity index (χ0n) is 14.2. The number of aliphatic imine (C=N–C) groups is 1. The molecule has 0 saturated carbocycles. The van der Waals surface area contributed by atoms with Crippen LogP contribution in [0.1, 0.15) is 25.3 Å². The number of piperidine rings is 1. The van der Waals surface area contributed by atoms with Gasteiger partial charge >= 0.3 is 0 Å². The smallest absolute Gasteiger partial charge is 0.286 e. The molecular formula is C18H22N2O3S. The van der Waals surface area contributed by atoms with Gasteiger partial charge in [-0.2, -0.15) is 4.99 Å². The molecule has 0 bridgehead atoms. The van der Waals surface area contributed by atoms with Crippen LogP contribution in [0.5, 0.6) is 11.5 Å². The number of rotatable bonds is 3. The number of hydrogen-bond acceptors (Lipinski definition) is 5. The fourth-order valence-electron chi connectivity index (χ4n) is 2.98. The third-order valence-electron chi connectivity index (χ3n) is 4.26. The molecule has 3 rings (SSSR count). The molecule has 128 valence electrons. The van der Waals surface area contributed by atoms with Gasteiger partial charge in [-0.3, -0.25) is 4.79 Å². The first kappa shape index (κ1) is 16.9. The van der Waals surface area contributed by atoms with Crippen LogP contribution in [0.2, 0.25) is 0 Å². The molecule has 2 aliphatic rings. The summed E-state index contributed by atoms with van der Waals surface area (Å²) in [6, 6.07) is 5.55. The first-order chi connectivity index (χ1) is 11.6. The van der Waals surface area contributed by atoms with Crippen LogP contribution in [-0.2, 0) is 4.79 Å². The number of methoxy groups -OCH3 is 2. The molecule has 2 aliphatic heterocycles. The van der Waals surface area contributed by atoms with Crippen molar-refractivity contribution >= 4 is 28.9 Å². The lowest BCUT2D eigenvalue weighted by molar-refractivity contribution is -0.113. The Morgan fingerprint density at radius 1 is 1.33 bits per heavy atom. The average Bonchev–Trinajstić information content (AvgIpc) is 2.96. The molecule has 6 heteroatoms. The second kappa shape index (κ2) is 7.30. The normalized spacial score (nSPS) is 22.7. The zero-order chi connectivity index (χ0) is 17.1. The first-order valence-electron chi connectivity index (χ1n) is 8.10. The molecule has 0 spiro atoms. The first-order valence-corrected chi connectivity index (χ1v) is 8.92. The maximum absolute atomic E-state index is 12.3. The molecule has 0 aliphatic carbocycles. The minimum atomic E-state index is -0.175. The lowest BCUT2D eigenvalue weighted by Crippen LogP contribution is -2.37. The van der Waals surface area contributed by atoms with Crippen molar-refractivity contribution in [2.75, 3.05) is 27.3 Å². The summed E-state index contributed by atoms with van der Waals surface area (Å²) in [4.78, 5) is 19.4. The maximum atomic E-state index is 12.3. The predicted molar refractivity (Wildman–Crippen MR) is 97.5 cm³/mol. The molecule has 24 heavy (non-hydrogen) atoms. The van der Waals surface area contributed by atoms with Gasteiger partial charge in [0.2, 0.25) is 0 Å². The number of amidine groups is 1. The van der Waals surface area contributed by atoms with Crippen LogP contribution in [0.3, 0.4) is 0 Å². The molecule has 0 radical (unpaired) electrons. The van der Waals surface area contributed by atoms with E-state index in [0.29, 0.717) is 16.6 Å². The fraction of sp³-hybridized carbons (Fsp3) is 0.444. The van der Waals surface area contributed by atoms with Gasteiger partial charge in [-0.15, -0.1) is 0 Å². The summed E-state index contributed by atoms with van der Waals surface area (Å²) in [5.74, 6) is 1.87. The van der Waals surface area contributed by atoms with Crippen LogP contribution in [0, 0.1) is 5.92 Å². The van der Waals surface area contributed by atoms with E-state index in [1.54, 1.807) is 14.2 Å². The molecular weight excluding hydrogens is 324 g/mol. The third kappa shape index (κ3) is 3.59. The molecule has 1 saturated heterocycles. The quantitative estimate of drug-likeness (QED) is 0.785. The van der Waals surface area contributed by atoms with E-state index in [1.165, 1.54) is 18.2 Å². The van der Waals surface area contributed by atoms with Crippen LogP contribution in [0.25, 0.3) is 6.08 Å². The van der Waals surface area contributed by atoms with Crippen molar-refractivity contribution in [2.45, 2.75) is 19.8 Å². The third-order valence-corrected chi connectivity index (χ3v) is 5.31. The van der Waals surface area contributed by atoms with Gasteiger partial charge in [-0.05, 0) is 48.7 Å². The van der Waals surface area contributed by atoms with Crippen LogP contribution >= 0.6 is 11.8 Å². The summed E-state index contributed by atoms with van der Waals surface area (Å²) in [6.45, 7) is 4.19. The summed E-state index contributed by atoms with van der Waals surface area (Å²) in [7, 11) is 3.22. The van der Waals surface area contributed by atoms with Crippen molar-refractivity contribution in [2.24, 2.45) is 10.9 Å². The van der Waals surface area contributed by atoms with E-state index in [1.807, 2.05) is 24.3 Å². The molecule has 5 nitrogen and oxygen atoms in total. The van der Waals surface area contributed by atoms with Gasteiger partial charge in [0.1, 0.15) is 11.5 Å². The zero-order valence-corrected chi connectivity index (χ0v) is 15.1. The highest BCUT2D eigenvalue weighted by Gasteiger charge is 2.28. The van der Waals surface area contributed by atoms with Crippen LogP contribution in [-0.4, -0.2) is 43.3 Å². The number of benzene rings is 1. The van der Waals surface area contributed by atoms with Gasteiger partial charge in [0.15, 0.2) is 5.17 Å². The van der Waals surface area contributed by atoms with E-state index >= 15 is 0 Å². The van der Waals surface area contributed by atoms with E-state index in [0.717, 1.165) is 36.0 Å². The Hall–Kier alpha value is -1.95. The van der Waals surface area contributed by atoms with Crippen molar-refractivity contribution in [1.82, 2.24) is 4.90 Å². The number of carbonyl (C=O) groups is 1. The Balaban J connectivity index is 1.79. The Kier molecular flexibility index (Phi) is 5.14. The van der Waals surface area contributed by atoms with Crippen molar-refractivity contribution < 1.29 is 14.3 Å². The van der Waals surface area contributed by atoms with Gasteiger partial charge in [0.05, 0.1) is 19.1 Å². The highest BCUT2D eigenvalue weighted by molar-refractivity contribution is 8.18. The topological polar surface area (TPSA) is 51.1 Å². The summed E-state index contributed by atoms with van der Waals surface area (Å²) in [6.07, 6.45) is 4.24. The number of hydrogen-bond donors (Lipinski definition) is 0. The minimum Gasteiger partial charge on any atom is -0.497 e. The number of thioether (sulfide) groups is 1. The van der Waals surface area contributed by atoms with Crippen LogP contribution < -0.4 is 9.47 Å². The standard InChI is InChI=1S/C18H22N2O3S/c1-12-5-4-8-20(11-12)18-19-17(21)16(24-18)9-13-6-7-14(22-2)10-15(13)23-3/h6-7,9-10,12H,4-5,8,11H2,1-3H3/b16-9-. The van der Waals surface area contributed by atoms with Gasteiger partial charge in [0.25, 0.3) is 5.91 Å². The Morgan fingerprint density at radius 2 is 2.17 bits per heavy atom. The van der Waals surface area contributed by atoms with Gasteiger partial charge in [-0.1, -0.05) is 6.92 Å². The fourth-order valence-corrected chi connectivity index (χ4v) is 3.91. The lowest BCUT2D eigenvalue weighted by Gasteiger charge is -2.31. The summed E-state index contributed by atoms with van der Waals surface area (Å²) in [5, 5.41) is 0.824. The minimum absolute atomic E-state index is 0.175.